The molecule has 7 heteroatoms. The number of sulfone groups is 1. The zero-order valence-corrected chi connectivity index (χ0v) is 13.6. The molecule has 0 fully saturated rings. The second kappa shape index (κ2) is 6.92. The highest BCUT2D eigenvalue weighted by Crippen LogP contribution is 2.32. The first-order valence-corrected chi connectivity index (χ1v) is 8.59. The van der Waals surface area contributed by atoms with Gasteiger partial charge < -0.3 is 4.74 Å². The van der Waals surface area contributed by atoms with Crippen LogP contribution in [-0.4, -0.2) is 31.8 Å². The lowest BCUT2D eigenvalue weighted by atomic mass is 10.1. The molecule has 0 aromatic heterocycles. The molecule has 0 saturated heterocycles. The first kappa shape index (κ1) is 17.8. The third-order valence-electron chi connectivity index (χ3n) is 3.29. The second-order valence-electron chi connectivity index (χ2n) is 4.83. The lowest BCUT2D eigenvalue weighted by molar-refractivity contribution is -0.149. The number of esters is 1. The van der Waals surface area contributed by atoms with Gasteiger partial charge in [-0.2, -0.15) is 0 Å². The number of ether oxygens (including phenoxy) is 1. The first-order valence-electron chi connectivity index (χ1n) is 7.11. The number of hydrogen-bond acceptors (Lipinski definition) is 5. The van der Waals surface area contributed by atoms with Crippen molar-refractivity contribution in [2.24, 2.45) is 0 Å². The molecule has 126 valence electrons. The number of alkyl halides is 1. The molecular weight excluding hydrogens is 335 g/mol. The molecule has 0 spiro atoms. The summed E-state index contributed by atoms with van der Waals surface area (Å²) < 4.78 is 45.4. The van der Waals surface area contributed by atoms with Crippen LogP contribution in [0.5, 0.6) is 0 Å². The summed E-state index contributed by atoms with van der Waals surface area (Å²) in [6.45, 7) is 1.12. The molecule has 2 rings (SSSR count). The Balaban J connectivity index is 2.65. The molecule has 0 aliphatic heterocycles. The molecule has 0 amide bonds. The molecule has 0 aliphatic carbocycles. The van der Waals surface area contributed by atoms with E-state index < -0.39 is 31.5 Å². The van der Waals surface area contributed by atoms with E-state index in [1.165, 1.54) is 49.4 Å². The van der Waals surface area contributed by atoms with Crippen LogP contribution in [0.3, 0.4) is 0 Å². The van der Waals surface area contributed by atoms with Crippen molar-refractivity contribution in [2.75, 3.05) is 6.61 Å². The van der Waals surface area contributed by atoms with Crippen LogP contribution >= 0.6 is 0 Å². The number of rotatable bonds is 6. The maximum atomic E-state index is 15.5. The summed E-state index contributed by atoms with van der Waals surface area (Å²) in [5.74, 6) is -3.23. The third kappa shape index (κ3) is 2.94. The van der Waals surface area contributed by atoms with Gasteiger partial charge >= 0.3 is 11.0 Å². The number of carbonyl (C=O) groups is 2. The summed E-state index contributed by atoms with van der Waals surface area (Å²) >= 11 is 0. The van der Waals surface area contributed by atoms with Crippen LogP contribution in [0.4, 0.5) is 4.39 Å². The molecule has 2 aromatic rings. The van der Waals surface area contributed by atoms with E-state index in [0.717, 1.165) is 12.1 Å². The first-order chi connectivity index (χ1) is 11.4. The molecule has 1 unspecified atom stereocenters. The van der Waals surface area contributed by atoms with Gasteiger partial charge in [0.25, 0.3) is 0 Å². The topological polar surface area (TPSA) is 77.5 Å². The van der Waals surface area contributed by atoms with Crippen molar-refractivity contribution >= 4 is 21.6 Å². The Kier molecular flexibility index (Phi) is 5.14. The Hall–Kier alpha value is -2.54. The number of carbonyl (C=O) groups excluding carboxylic acids is 2. The summed E-state index contributed by atoms with van der Waals surface area (Å²) in [5, 5.41) is -3.86. The maximum Gasteiger partial charge on any atom is 0.371 e. The van der Waals surface area contributed by atoms with Crippen molar-refractivity contribution < 1.29 is 27.1 Å². The zero-order chi connectivity index (χ0) is 17.8. The summed E-state index contributed by atoms with van der Waals surface area (Å²) in [7, 11) is -4.96. The van der Waals surface area contributed by atoms with Crippen LogP contribution in [0.25, 0.3) is 0 Å². The Morgan fingerprint density at radius 2 is 1.50 bits per heavy atom. The van der Waals surface area contributed by atoms with Crippen LogP contribution < -0.4 is 0 Å². The van der Waals surface area contributed by atoms with Crippen LogP contribution in [-0.2, 0) is 19.4 Å². The predicted molar refractivity (Wildman–Crippen MR) is 84.9 cm³/mol. The number of Topliss-reactive ketones (excluding diaryl/α,β-unsaturated/α-hetero) is 1. The summed E-state index contributed by atoms with van der Waals surface area (Å²) in [5.41, 5.74) is -0.243. The second-order valence-corrected chi connectivity index (χ2v) is 6.87. The van der Waals surface area contributed by atoms with Crippen molar-refractivity contribution in [1.82, 2.24) is 0 Å². The standard InChI is InChI=1S/C17H15FO5S/c1-2-23-16(20)17(18,15(19)13-9-5-3-6-10-13)24(21,22)14-11-7-4-8-12-14/h3-12H,2H2,1H3. The molecule has 2 aromatic carbocycles. The molecule has 0 bridgehead atoms. The molecule has 0 heterocycles. The molecule has 0 N–H and O–H groups in total. The van der Waals surface area contributed by atoms with E-state index in [4.69, 9.17) is 0 Å². The fourth-order valence-electron chi connectivity index (χ4n) is 2.09. The Morgan fingerprint density at radius 3 is 2.00 bits per heavy atom. The minimum absolute atomic E-state index is 0.243. The van der Waals surface area contributed by atoms with Crippen LogP contribution in [0.15, 0.2) is 65.6 Å². The molecule has 0 aliphatic rings. The Labute approximate surface area is 139 Å². The van der Waals surface area contributed by atoms with E-state index in [1.807, 2.05) is 0 Å². The van der Waals surface area contributed by atoms with Gasteiger partial charge in [0.1, 0.15) is 0 Å². The average molecular weight is 350 g/mol. The molecule has 24 heavy (non-hydrogen) atoms. The quantitative estimate of drug-likeness (QED) is 0.455. The average Bonchev–Trinajstić information content (AvgIpc) is 2.61. The molecule has 5 nitrogen and oxygen atoms in total. The SMILES string of the molecule is CCOC(=O)C(F)(C(=O)c1ccccc1)S(=O)(=O)c1ccccc1. The van der Waals surface area contributed by atoms with Gasteiger partial charge in [-0.05, 0) is 19.1 Å². The number of benzene rings is 2. The molecular formula is C17H15FO5S. The van der Waals surface area contributed by atoms with Crippen molar-refractivity contribution in [1.29, 1.82) is 0 Å². The van der Waals surface area contributed by atoms with Gasteiger partial charge in [-0.3, -0.25) is 4.79 Å². The van der Waals surface area contributed by atoms with Crippen LogP contribution in [0, 0.1) is 0 Å². The van der Waals surface area contributed by atoms with E-state index >= 15 is 4.39 Å². The molecule has 0 radical (unpaired) electrons. The maximum absolute atomic E-state index is 15.5. The van der Waals surface area contributed by atoms with Crippen LogP contribution in [0.1, 0.15) is 17.3 Å². The van der Waals surface area contributed by atoms with Gasteiger partial charge in [0.15, 0.2) is 0 Å². The van der Waals surface area contributed by atoms with Crippen LogP contribution in [0.2, 0.25) is 0 Å². The van der Waals surface area contributed by atoms with Crippen molar-refractivity contribution in [2.45, 2.75) is 16.8 Å². The largest absolute Gasteiger partial charge is 0.462 e. The van der Waals surface area contributed by atoms with Gasteiger partial charge in [-0.25, -0.2) is 17.6 Å². The summed E-state index contributed by atoms with van der Waals surface area (Å²) in [4.78, 5) is 24.2. The van der Waals surface area contributed by atoms with Crippen molar-refractivity contribution in [3.63, 3.8) is 0 Å². The Morgan fingerprint density at radius 1 is 1.00 bits per heavy atom. The highest BCUT2D eigenvalue weighted by molar-refractivity contribution is 7.94. The van der Waals surface area contributed by atoms with Gasteiger partial charge in [0.05, 0.1) is 11.5 Å². The minimum Gasteiger partial charge on any atom is -0.462 e. The van der Waals surface area contributed by atoms with E-state index in [1.54, 1.807) is 6.07 Å². The van der Waals surface area contributed by atoms with Gasteiger partial charge in [0, 0.05) is 5.56 Å². The minimum atomic E-state index is -4.96. The van der Waals surface area contributed by atoms with Gasteiger partial charge in [-0.15, -0.1) is 0 Å². The van der Waals surface area contributed by atoms with Crippen molar-refractivity contribution in [3.05, 3.63) is 66.2 Å². The monoisotopic (exact) mass is 350 g/mol. The van der Waals surface area contributed by atoms with E-state index in [-0.39, 0.29) is 12.2 Å². The summed E-state index contributed by atoms with van der Waals surface area (Å²) in [6.07, 6.45) is 0. The van der Waals surface area contributed by atoms with E-state index in [9.17, 15) is 18.0 Å². The summed E-state index contributed by atoms with van der Waals surface area (Å²) in [6, 6.07) is 13.4. The normalized spacial score (nSPS) is 13.8. The molecule has 0 saturated carbocycles. The number of ketones is 1. The highest BCUT2D eigenvalue weighted by Gasteiger charge is 2.60. The number of hydrogen-bond donors (Lipinski definition) is 0. The lowest BCUT2D eigenvalue weighted by Crippen LogP contribution is -2.50. The fraction of sp³-hybridized carbons (Fsp3) is 0.176. The smallest absolute Gasteiger partial charge is 0.371 e. The van der Waals surface area contributed by atoms with E-state index in [0.29, 0.717) is 0 Å². The lowest BCUT2D eigenvalue weighted by Gasteiger charge is -2.22. The third-order valence-corrected chi connectivity index (χ3v) is 5.28. The van der Waals surface area contributed by atoms with Gasteiger partial charge in [-0.1, -0.05) is 48.5 Å². The fourth-order valence-corrected chi connectivity index (χ4v) is 3.57. The molecule has 1 atom stereocenters. The van der Waals surface area contributed by atoms with Crippen molar-refractivity contribution in [3.8, 4) is 0 Å². The highest BCUT2D eigenvalue weighted by atomic mass is 32.2. The van der Waals surface area contributed by atoms with Gasteiger partial charge in [0.2, 0.25) is 15.6 Å². The zero-order valence-electron chi connectivity index (χ0n) is 12.8. The van der Waals surface area contributed by atoms with E-state index in [2.05, 4.69) is 4.74 Å². The predicted octanol–water partition coefficient (Wildman–Crippen LogP) is 2.57. The Bertz CT molecular complexity index is 834. The number of halogens is 1.